The SMILES string of the molecule is Cc1cc(Br)ccc1N1CCC(O)C(C)(C)C1. The number of halogens is 1. The molecule has 0 saturated carbocycles. The van der Waals surface area contributed by atoms with Gasteiger partial charge in [0.15, 0.2) is 0 Å². The fraction of sp³-hybridized carbons (Fsp3) is 0.571. The molecule has 1 saturated heterocycles. The first kappa shape index (κ1) is 12.9. The minimum absolute atomic E-state index is 0.0300. The van der Waals surface area contributed by atoms with Gasteiger partial charge in [-0.2, -0.15) is 0 Å². The Morgan fingerprint density at radius 1 is 1.41 bits per heavy atom. The maximum Gasteiger partial charge on any atom is 0.0624 e. The molecule has 1 aromatic rings. The van der Waals surface area contributed by atoms with E-state index in [0.29, 0.717) is 0 Å². The van der Waals surface area contributed by atoms with E-state index in [2.05, 4.69) is 59.8 Å². The standard InChI is InChI=1S/C14H20BrNO/c1-10-8-11(15)4-5-12(10)16-7-6-13(17)14(2,3)9-16/h4-5,8,13,17H,6-7,9H2,1-3H3. The van der Waals surface area contributed by atoms with E-state index in [1.54, 1.807) is 0 Å². The Bertz CT molecular complexity index is 417. The molecule has 0 amide bonds. The molecular weight excluding hydrogens is 278 g/mol. The Labute approximate surface area is 112 Å². The van der Waals surface area contributed by atoms with Crippen LogP contribution in [-0.4, -0.2) is 24.3 Å². The van der Waals surface area contributed by atoms with Crippen LogP contribution >= 0.6 is 15.9 Å². The number of hydrogen-bond donors (Lipinski definition) is 1. The second-order valence-electron chi connectivity index (χ2n) is 5.65. The van der Waals surface area contributed by atoms with Crippen molar-refractivity contribution in [1.82, 2.24) is 0 Å². The van der Waals surface area contributed by atoms with Gasteiger partial charge in [-0.25, -0.2) is 0 Å². The van der Waals surface area contributed by atoms with E-state index in [9.17, 15) is 5.11 Å². The van der Waals surface area contributed by atoms with Crippen LogP contribution in [0, 0.1) is 12.3 Å². The minimum Gasteiger partial charge on any atom is -0.392 e. The van der Waals surface area contributed by atoms with E-state index in [-0.39, 0.29) is 11.5 Å². The van der Waals surface area contributed by atoms with Crippen molar-refractivity contribution >= 4 is 21.6 Å². The highest BCUT2D eigenvalue weighted by atomic mass is 79.9. The van der Waals surface area contributed by atoms with Crippen molar-refractivity contribution in [3.05, 3.63) is 28.2 Å². The lowest BCUT2D eigenvalue weighted by atomic mass is 9.81. The Hall–Kier alpha value is -0.540. The van der Waals surface area contributed by atoms with E-state index < -0.39 is 0 Å². The Morgan fingerprint density at radius 2 is 2.12 bits per heavy atom. The monoisotopic (exact) mass is 297 g/mol. The molecule has 0 radical (unpaired) electrons. The van der Waals surface area contributed by atoms with E-state index in [0.717, 1.165) is 24.0 Å². The van der Waals surface area contributed by atoms with Crippen LogP contribution in [0.15, 0.2) is 22.7 Å². The number of benzene rings is 1. The number of anilines is 1. The molecule has 3 heteroatoms. The van der Waals surface area contributed by atoms with Gasteiger partial charge in [-0.05, 0) is 37.1 Å². The van der Waals surface area contributed by atoms with Crippen molar-refractivity contribution in [3.8, 4) is 0 Å². The number of aryl methyl sites for hydroxylation is 1. The maximum atomic E-state index is 9.98. The molecule has 1 N–H and O–H groups in total. The van der Waals surface area contributed by atoms with Gasteiger partial charge in [0.05, 0.1) is 6.10 Å². The van der Waals surface area contributed by atoms with Gasteiger partial charge in [0, 0.05) is 28.7 Å². The zero-order valence-corrected chi connectivity index (χ0v) is 12.3. The van der Waals surface area contributed by atoms with Gasteiger partial charge >= 0.3 is 0 Å². The van der Waals surface area contributed by atoms with Gasteiger partial charge in [-0.1, -0.05) is 29.8 Å². The first-order valence-corrected chi connectivity index (χ1v) is 6.88. The molecule has 0 aliphatic carbocycles. The van der Waals surface area contributed by atoms with Crippen molar-refractivity contribution in [1.29, 1.82) is 0 Å². The van der Waals surface area contributed by atoms with Gasteiger partial charge in [-0.15, -0.1) is 0 Å². The summed E-state index contributed by atoms with van der Waals surface area (Å²) in [5.74, 6) is 0. The van der Waals surface area contributed by atoms with Crippen LogP contribution in [0.25, 0.3) is 0 Å². The van der Waals surface area contributed by atoms with E-state index >= 15 is 0 Å². The minimum atomic E-state index is -0.186. The van der Waals surface area contributed by atoms with E-state index in [1.165, 1.54) is 11.3 Å². The van der Waals surface area contributed by atoms with Gasteiger partial charge in [0.2, 0.25) is 0 Å². The molecule has 1 aromatic carbocycles. The fourth-order valence-electron chi connectivity index (χ4n) is 2.52. The molecular formula is C14H20BrNO. The number of aliphatic hydroxyl groups excluding tert-OH is 1. The third kappa shape index (κ3) is 2.66. The van der Waals surface area contributed by atoms with Crippen molar-refractivity contribution < 1.29 is 5.11 Å². The smallest absolute Gasteiger partial charge is 0.0624 e. The van der Waals surface area contributed by atoms with Crippen molar-refractivity contribution in [2.45, 2.75) is 33.3 Å². The predicted molar refractivity (Wildman–Crippen MR) is 75.5 cm³/mol. The highest BCUT2D eigenvalue weighted by Gasteiger charge is 2.34. The molecule has 2 nitrogen and oxygen atoms in total. The first-order chi connectivity index (χ1) is 7.90. The summed E-state index contributed by atoms with van der Waals surface area (Å²) in [5, 5.41) is 9.98. The van der Waals surface area contributed by atoms with Gasteiger partial charge in [0.1, 0.15) is 0 Å². The highest BCUT2D eigenvalue weighted by Crippen LogP contribution is 2.34. The lowest BCUT2D eigenvalue weighted by molar-refractivity contribution is 0.0336. The second-order valence-corrected chi connectivity index (χ2v) is 6.56. The van der Waals surface area contributed by atoms with Gasteiger partial charge < -0.3 is 10.0 Å². The lowest BCUT2D eigenvalue weighted by Crippen LogP contribution is -2.48. The summed E-state index contributed by atoms with van der Waals surface area (Å²) in [6, 6.07) is 6.39. The van der Waals surface area contributed by atoms with Crippen LogP contribution in [0.4, 0.5) is 5.69 Å². The molecule has 1 aliphatic rings. The summed E-state index contributed by atoms with van der Waals surface area (Å²) in [4.78, 5) is 2.38. The van der Waals surface area contributed by atoms with E-state index in [1.807, 2.05) is 0 Å². The molecule has 1 unspecified atom stereocenters. The average Bonchev–Trinajstić information content (AvgIpc) is 2.22. The van der Waals surface area contributed by atoms with Crippen molar-refractivity contribution in [3.63, 3.8) is 0 Å². The Kier molecular flexibility index (Phi) is 3.50. The average molecular weight is 298 g/mol. The summed E-state index contributed by atoms with van der Waals surface area (Å²) in [7, 11) is 0. The fourth-order valence-corrected chi connectivity index (χ4v) is 3.00. The molecule has 1 fully saturated rings. The molecule has 1 atom stereocenters. The topological polar surface area (TPSA) is 23.5 Å². The maximum absolute atomic E-state index is 9.98. The number of nitrogens with zero attached hydrogens (tertiary/aromatic N) is 1. The number of piperidine rings is 1. The molecule has 0 spiro atoms. The Morgan fingerprint density at radius 3 is 2.71 bits per heavy atom. The molecule has 94 valence electrons. The normalized spacial score (nSPS) is 23.8. The van der Waals surface area contributed by atoms with Crippen molar-refractivity contribution in [2.75, 3.05) is 18.0 Å². The third-order valence-corrected chi connectivity index (χ3v) is 4.17. The van der Waals surface area contributed by atoms with Crippen LogP contribution in [0.1, 0.15) is 25.8 Å². The molecule has 0 aromatic heterocycles. The van der Waals surface area contributed by atoms with Gasteiger partial charge in [0.25, 0.3) is 0 Å². The van der Waals surface area contributed by atoms with Crippen LogP contribution in [-0.2, 0) is 0 Å². The zero-order chi connectivity index (χ0) is 12.6. The van der Waals surface area contributed by atoms with Crippen molar-refractivity contribution in [2.24, 2.45) is 5.41 Å². The largest absolute Gasteiger partial charge is 0.392 e. The zero-order valence-electron chi connectivity index (χ0n) is 10.7. The Balaban J connectivity index is 2.24. The number of hydrogen-bond acceptors (Lipinski definition) is 2. The summed E-state index contributed by atoms with van der Waals surface area (Å²) in [6.45, 7) is 8.26. The number of aliphatic hydroxyl groups is 1. The molecule has 1 aliphatic heterocycles. The van der Waals surface area contributed by atoms with E-state index in [4.69, 9.17) is 0 Å². The summed E-state index contributed by atoms with van der Waals surface area (Å²) >= 11 is 3.49. The molecule has 2 rings (SSSR count). The quantitative estimate of drug-likeness (QED) is 0.859. The van der Waals surface area contributed by atoms with Crippen LogP contribution < -0.4 is 4.90 Å². The summed E-state index contributed by atoms with van der Waals surface area (Å²) in [6.07, 6.45) is 0.664. The van der Waals surface area contributed by atoms with Crippen LogP contribution in [0.3, 0.4) is 0 Å². The third-order valence-electron chi connectivity index (χ3n) is 3.67. The highest BCUT2D eigenvalue weighted by molar-refractivity contribution is 9.10. The lowest BCUT2D eigenvalue weighted by Gasteiger charge is -2.43. The number of rotatable bonds is 1. The first-order valence-electron chi connectivity index (χ1n) is 6.09. The van der Waals surface area contributed by atoms with Crippen LogP contribution in [0.2, 0.25) is 0 Å². The predicted octanol–water partition coefficient (Wildman–Crippen LogP) is 3.35. The summed E-state index contributed by atoms with van der Waals surface area (Å²) < 4.78 is 1.12. The molecule has 17 heavy (non-hydrogen) atoms. The van der Waals surface area contributed by atoms with Gasteiger partial charge in [-0.3, -0.25) is 0 Å². The van der Waals surface area contributed by atoms with Crippen LogP contribution in [0.5, 0.6) is 0 Å². The molecule has 1 heterocycles. The summed E-state index contributed by atoms with van der Waals surface area (Å²) in [5.41, 5.74) is 2.54. The second kappa shape index (κ2) is 4.62. The molecule has 0 bridgehead atoms.